The summed E-state index contributed by atoms with van der Waals surface area (Å²) in [6, 6.07) is 96.6. The molecule has 0 heteroatoms. The third-order valence-electron chi connectivity index (χ3n) is 11.7. The molecule has 0 amide bonds. The summed E-state index contributed by atoms with van der Waals surface area (Å²) in [7, 11) is 0. The third kappa shape index (κ3) is 7.98. The van der Waals surface area contributed by atoms with Gasteiger partial charge in [0.2, 0.25) is 0 Å². The maximum Gasteiger partial charge on any atom is -0.00262 e. The summed E-state index contributed by atoms with van der Waals surface area (Å²) < 4.78 is 0. The molecule has 10 aromatic rings. The van der Waals surface area contributed by atoms with Crippen molar-refractivity contribution in [3.05, 3.63) is 289 Å². The van der Waals surface area contributed by atoms with Crippen molar-refractivity contribution >= 4 is 11.1 Å². The molecule has 0 N–H and O–H groups in total. The molecule has 0 saturated carbocycles. The van der Waals surface area contributed by atoms with Crippen LogP contribution < -0.4 is 0 Å². The molecule has 0 aliphatic rings. The Labute approximate surface area is 365 Å². The molecule has 292 valence electrons. The lowest BCUT2D eigenvalue weighted by Gasteiger charge is -2.20. The Bertz CT molecular complexity index is 3010. The smallest absolute Gasteiger partial charge is 0.00262 e. The van der Waals surface area contributed by atoms with Gasteiger partial charge in [-0.1, -0.05) is 237 Å². The average Bonchev–Trinajstić information content (AvgIpc) is 3.37. The van der Waals surface area contributed by atoms with Crippen LogP contribution in [0.3, 0.4) is 0 Å². The van der Waals surface area contributed by atoms with E-state index in [9.17, 15) is 0 Å². The third-order valence-corrected chi connectivity index (χ3v) is 11.7. The van der Waals surface area contributed by atoms with Gasteiger partial charge in [-0.2, -0.15) is 0 Å². The molecule has 0 unspecified atom stereocenters. The van der Waals surface area contributed by atoms with Crippen LogP contribution >= 0.6 is 0 Å². The predicted octanol–water partition coefficient (Wildman–Crippen LogP) is 16.7. The van der Waals surface area contributed by atoms with Gasteiger partial charge in [-0.3, -0.25) is 0 Å². The average molecular weight is 789 g/mol. The highest BCUT2D eigenvalue weighted by Gasteiger charge is 2.19. The minimum Gasteiger partial charge on any atom is -0.0622 e. The van der Waals surface area contributed by atoms with E-state index in [1.54, 1.807) is 0 Å². The summed E-state index contributed by atoms with van der Waals surface area (Å²) in [5.74, 6) is 0. The molecule has 0 bridgehead atoms. The zero-order valence-corrected chi connectivity index (χ0v) is 34.4. The lowest BCUT2D eigenvalue weighted by molar-refractivity contribution is 1.49. The molecule has 0 fully saturated rings. The van der Waals surface area contributed by atoms with Gasteiger partial charge in [0, 0.05) is 0 Å². The molecule has 0 aliphatic heterocycles. The maximum atomic E-state index is 2.37. The topological polar surface area (TPSA) is 0 Å². The van der Waals surface area contributed by atoms with Gasteiger partial charge in [0.25, 0.3) is 0 Å². The van der Waals surface area contributed by atoms with E-state index in [0.717, 1.165) is 0 Å². The van der Waals surface area contributed by atoms with E-state index < -0.39 is 0 Å². The van der Waals surface area contributed by atoms with Gasteiger partial charge in [-0.25, -0.2) is 0 Å². The number of hydrogen-bond acceptors (Lipinski definition) is 0. The molecule has 0 aromatic heterocycles. The minimum atomic E-state index is 1.17. The Balaban J connectivity index is 1.11. The van der Waals surface area contributed by atoms with Crippen molar-refractivity contribution in [2.45, 2.75) is 0 Å². The second-order valence-electron chi connectivity index (χ2n) is 15.6. The highest BCUT2D eigenvalue weighted by atomic mass is 14.2. The van der Waals surface area contributed by atoms with Crippen LogP contribution in [0, 0.1) is 0 Å². The molecule has 10 rings (SSSR count). The summed E-state index contributed by atoms with van der Waals surface area (Å²) >= 11 is 0. The largest absolute Gasteiger partial charge is 0.0622 e. The molecular formula is C62H44. The lowest BCUT2D eigenvalue weighted by Crippen LogP contribution is -1.97. The van der Waals surface area contributed by atoms with Crippen molar-refractivity contribution in [3.8, 4) is 66.8 Å². The molecule has 0 aliphatic carbocycles. The zero-order chi connectivity index (χ0) is 41.5. The van der Waals surface area contributed by atoms with Crippen LogP contribution in [0.2, 0.25) is 0 Å². The number of rotatable bonds is 10. The Kier molecular flexibility index (Phi) is 10.9. The number of hydrogen-bond donors (Lipinski definition) is 0. The van der Waals surface area contributed by atoms with Crippen molar-refractivity contribution in [1.29, 1.82) is 0 Å². The first-order chi connectivity index (χ1) is 30.8. The van der Waals surface area contributed by atoms with E-state index >= 15 is 0 Å². The molecule has 0 spiro atoms. The van der Waals surface area contributed by atoms with Crippen LogP contribution in [-0.4, -0.2) is 0 Å². The standard InChI is InChI=1S/C62H44/c1-7-22-45(23-8-1)57-43-58(46-24-9-2-10-25-46)62(59(44-57)47-26-11-3-12-27-47)56-39-21-37-54(42-56)52-35-19-34-51(40-52)53-36-20-38-55(41-53)61(50-32-17-6-18-33-50)60(48-28-13-4-14-29-48)49-30-15-5-16-31-49/h1-44H. The first kappa shape index (κ1) is 38.2. The van der Waals surface area contributed by atoms with Crippen LogP contribution in [0.25, 0.3) is 77.9 Å². The first-order valence-electron chi connectivity index (χ1n) is 21.3. The van der Waals surface area contributed by atoms with Crippen LogP contribution in [0.1, 0.15) is 22.3 Å². The van der Waals surface area contributed by atoms with Gasteiger partial charge in [0.1, 0.15) is 0 Å². The molecular weight excluding hydrogens is 745 g/mol. The van der Waals surface area contributed by atoms with Crippen molar-refractivity contribution in [2.75, 3.05) is 0 Å². The minimum absolute atomic E-state index is 1.17. The Hall–Kier alpha value is -8.06. The highest BCUT2D eigenvalue weighted by molar-refractivity contribution is 6.05. The van der Waals surface area contributed by atoms with Crippen molar-refractivity contribution in [3.63, 3.8) is 0 Å². The van der Waals surface area contributed by atoms with Gasteiger partial charge in [-0.15, -0.1) is 0 Å². The van der Waals surface area contributed by atoms with Crippen LogP contribution in [0.15, 0.2) is 267 Å². The Morgan fingerprint density at radius 2 is 0.468 bits per heavy atom. The van der Waals surface area contributed by atoms with Crippen LogP contribution in [0.4, 0.5) is 0 Å². The molecule has 0 nitrogen and oxygen atoms in total. The number of benzene rings is 10. The Morgan fingerprint density at radius 1 is 0.177 bits per heavy atom. The second kappa shape index (κ2) is 17.7. The van der Waals surface area contributed by atoms with E-state index in [4.69, 9.17) is 0 Å². The normalized spacial score (nSPS) is 10.9. The van der Waals surface area contributed by atoms with Gasteiger partial charge in [0.05, 0.1) is 0 Å². The van der Waals surface area contributed by atoms with Gasteiger partial charge in [0.15, 0.2) is 0 Å². The molecule has 0 heterocycles. The summed E-state index contributed by atoms with van der Waals surface area (Å²) in [6.45, 7) is 0. The monoisotopic (exact) mass is 788 g/mol. The summed E-state index contributed by atoms with van der Waals surface area (Å²) in [6.07, 6.45) is 0. The van der Waals surface area contributed by atoms with Crippen LogP contribution in [0.5, 0.6) is 0 Å². The molecule has 0 atom stereocenters. The fourth-order valence-electron chi connectivity index (χ4n) is 8.75. The van der Waals surface area contributed by atoms with E-state index in [0.29, 0.717) is 0 Å². The van der Waals surface area contributed by atoms with Crippen molar-refractivity contribution in [1.82, 2.24) is 0 Å². The summed E-state index contributed by atoms with van der Waals surface area (Å²) in [5.41, 5.74) is 21.4. The van der Waals surface area contributed by atoms with E-state index in [-0.39, 0.29) is 0 Å². The van der Waals surface area contributed by atoms with Gasteiger partial charge >= 0.3 is 0 Å². The van der Waals surface area contributed by atoms with E-state index in [2.05, 4.69) is 267 Å². The molecule has 0 saturated heterocycles. The molecule has 0 radical (unpaired) electrons. The molecule has 62 heavy (non-hydrogen) atoms. The van der Waals surface area contributed by atoms with E-state index in [1.165, 1.54) is 100 Å². The second-order valence-corrected chi connectivity index (χ2v) is 15.6. The fourth-order valence-corrected chi connectivity index (χ4v) is 8.75. The Morgan fingerprint density at radius 3 is 0.903 bits per heavy atom. The van der Waals surface area contributed by atoms with Gasteiger partial charge < -0.3 is 0 Å². The highest BCUT2D eigenvalue weighted by Crippen LogP contribution is 2.45. The molecule has 10 aromatic carbocycles. The maximum absolute atomic E-state index is 2.37. The van der Waals surface area contributed by atoms with Crippen molar-refractivity contribution in [2.24, 2.45) is 0 Å². The van der Waals surface area contributed by atoms with Crippen LogP contribution in [-0.2, 0) is 0 Å². The summed E-state index contributed by atoms with van der Waals surface area (Å²) in [4.78, 5) is 0. The predicted molar refractivity (Wildman–Crippen MR) is 263 cm³/mol. The SMILES string of the molecule is c1ccc(C(=C(c2ccccc2)c2cccc(-c3cccc(-c4cccc(-c5c(-c6ccccc6)cc(-c6ccccc6)cc5-c5ccccc5)c4)c3)c2)c2ccccc2)cc1. The fraction of sp³-hybridized carbons (Fsp3) is 0. The lowest BCUT2D eigenvalue weighted by atomic mass is 9.84. The van der Waals surface area contributed by atoms with Gasteiger partial charge in [-0.05, 0) is 130 Å². The quantitative estimate of drug-likeness (QED) is 0.121. The van der Waals surface area contributed by atoms with Crippen molar-refractivity contribution < 1.29 is 0 Å². The zero-order valence-electron chi connectivity index (χ0n) is 34.4. The van der Waals surface area contributed by atoms with E-state index in [1.807, 2.05) is 0 Å². The first-order valence-corrected chi connectivity index (χ1v) is 21.3. The summed E-state index contributed by atoms with van der Waals surface area (Å²) in [5, 5.41) is 0.